The Kier molecular flexibility index (Phi) is 5.64. The highest BCUT2D eigenvalue weighted by Gasteiger charge is 2.21. The lowest BCUT2D eigenvalue weighted by molar-refractivity contribution is 0.177. The summed E-state index contributed by atoms with van der Waals surface area (Å²) in [6.07, 6.45) is 3.72. The Bertz CT molecular complexity index is 155. The lowest BCUT2D eigenvalue weighted by Crippen LogP contribution is -2.34. The van der Waals surface area contributed by atoms with Gasteiger partial charge in [0.1, 0.15) is 0 Å². The Balaban J connectivity index is 1.96. The molecule has 1 saturated heterocycles. The van der Waals surface area contributed by atoms with E-state index in [1.807, 2.05) is 0 Å². The maximum Gasteiger partial charge on any atom is 0.0885 e. The first kappa shape index (κ1) is 11.5. The van der Waals surface area contributed by atoms with Gasteiger partial charge in [0.05, 0.1) is 19.5 Å². The fraction of sp³-hybridized carbons (Fsp3) is 0.818. The van der Waals surface area contributed by atoms with Crippen molar-refractivity contribution in [1.82, 2.24) is 5.32 Å². The van der Waals surface area contributed by atoms with Gasteiger partial charge < -0.3 is 14.8 Å². The molecule has 1 heterocycles. The number of hydrogen-bond acceptors (Lipinski definition) is 3. The van der Waals surface area contributed by atoms with Crippen LogP contribution in [-0.4, -0.2) is 32.4 Å². The van der Waals surface area contributed by atoms with E-state index in [4.69, 9.17) is 9.47 Å². The molecule has 2 atom stereocenters. The van der Waals surface area contributed by atoms with Gasteiger partial charge in [-0.1, -0.05) is 6.58 Å². The van der Waals surface area contributed by atoms with E-state index < -0.39 is 0 Å². The van der Waals surface area contributed by atoms with Crippen molar-refractivity contribution in [1.29, 1.82) is 0 Å². The van der Waals surface area contributed by atoms with Gasteiger partial charge in [0.15, 0.2) is 0 Å². The van der Waals surface area contributed by atoms with Gasteiger partial charge in [-0.15, -0.1) is 0 Å². The van der Waals surface area contributed by atoms with Gasteiger partial charge in [-0.2, -0.15) is 0 Å². The second kappa shape index (κ2) is 6.85. The molecule has 0 saturated carbocycles. The van der Waals surface area contributed by atoms with E-state index in [9.17, 15) is 0 Å². The first-order valence-electron chi connectivity index (χ1n) is 5.38. The summed E-state index contributed by atoms with van der Waals surface area (Å²) in [5, 5.41) is 3.49. The molecule has 0 bridgehead atoms. The molecule has 3 heteroatoms. The Hall–Kier alpha value is -0.540. The molecule has 14 heavy (non-hydrogen) atoms. The molecule has 0 aromatic heterocycles. The summed E-state index contributed by atoms with van der Waals surface area (Å²) in [5.41, 5.74) is 0. The molecule has 3 nitrogen and oxygen atoms in total. The summed E-state index contributed by atoms with van der Waals surface area (Å²) in [5.74, 6) is 0.690. The molecule has 0 spiro atoms. The van der Waals surface area contributed by atoms with Gasteiger partial charge in [-0.05, 0) is 32.2 Å². The molecule has 0 aliphatic carbocycles. The first-order valence-corrected chi connectivity index (χ1v) is 5.38. The highest BCUT2D eigenvalue weighted by atomic mass is 16.5. The third kappa shape index (κ3) is 4.11. The maximum atomic E-state index is 5.35. The van der Waals surface area contributed by atoms with Crippen molar-refractivity contribution in [3.63, 3.8) is 0 Å². The standard InChI is InChI=1S/C11H21NO2/c1-3-13-7-4-6-12-10(2)11-5-8-14-9-11/h3,10-12H,1,4-9H2,2H3. The van der Waals surface area contributed by atoms with Crippen LogP contribution < -0.4 is 5.32 Å². The van der Waals surface area contributed by atoms with Crippen molar-refractivity contribution >= 4 is 0 Å². The van der Waals surface area contributed by atoms with E-state index in [1.54, 1.807) is 0 Å². The van der Waals surface area contributed by atoms with Gasteiger partial charge in [0.2, 0.25) is 0 Å². The molecule has 1 fully saturated rings. The van der Waals surface area contributed by atoms with Crippen molar-refractivity contribution in [3.05, 3.63) is 12.8 Å². The third-order valence-corrected chi connectivity index (χ3v) is 2.70. The Labute approximate surface area is 86.5 Å². The molecule has 1 rings (SSSR count). The monoisotopic (exact) mass is 199 g/mol. The van der Waals surface area contributed by atoms with Gasteiger partial charge in [0, 0.05) is 12.6 Å². The minimum Gasteiger partial charge on any atom is -0.502 e. The predicted molar refractivity (Wildman–Crippen MR) is 57.2 cm³/mol. The zero-order chi connectivity index (χ0) is 10.2. The van der Waals surface area contributed by atoms with E-state index in [-0.39, 0.29) is 0 Å². The summed E-state index contributed by atoms with van der Waals surface area (Å²) in [6, 6.07) is 0.557. The predicted octanol–water partition coefficient (Wildman–Crippen LogP) is 1.55. The number of rotatable bonds is 7. The zero-order valence-corrected chi connectivity index (χ0v) is 9.00. The second-order valence-corrected chi connectivity index (χ2v) is 3.76. The van der Waals surface area contributed by atoms with E-state index in [2.05, 4.69) is 18.8 Å². The lowest BCUT2D eigenvalue weighted by atomic mass is 10.0. The number of ether oxygens (including phenoxy) is 2. The Morgan fingerprint density at radius 1 is 1.71 bits per heavy atom. The molecular formula is C11H21NO2. The van der Waals surface area contributed by atoms with Crippen LogP contribution in [0.5, 0.6) is 0 Å². The van der Waals surface area contributed by atoms with Crippen LogP contribution in [0.1, 0.15) is 19.8 Å². The van der Waals surface area contributed by atoms with Crippen molar-refractivity contribution in [2.24, 2.45) is 5.92 Å². The summed E-state index contributed by atoms with van der Waals surface area (Å²) in [4.78, 5) is 0. The molecule has 0 radical (unpaired) electrons. The normalized spacial score (nSPS) is 23.4. The molecular weight excluding hydrogens is 178 g/mol. The van der Waals surface area contributed by atoms with Crippen molar-refractivity contribution in [2.75, 3.05) is 26.4 Å². The van der Waals surface area contributed by atoms with Gasteiger partial charge in [-0.3, -0.25) is 0 Å². The van der Waals surface area contributed by atoms with E-state index in [1.165, 1.54) is 12.7 Å². The van der Waals surface area contributed by atoms with Gasteiger partial charge >= 0.3 is 0 Å². The van der Waals surface area contributed by atoms with Crippen LogP contribution in [0.25, 0.3) is 0 Å². The minimum absolute atomic E-state index is 0.557. The summed E-state index contributed by atoms with van der Waals surface area (Å²) < 4.78 is 10.4. The third-order valence-electron chi connectivity index (χ3n) is 2.70. The average Bonchev–Trinajstić information content (AvgIpc) is 2.70. The van der Waals surface area contributed by atoms with Crippen LogP contribution in [-0.2, 0) is 9.47 Å². The molecule has 1 aliphatic rings. The number of hydrogen-bond donors (Lipinski definition) is 1. The van der Waals surface area contributed by atoms with Crippen LogP contribution in [0.3, 0.4) is 0 Å². The smallest absolute Gasteiger partial charge is 0.0885 e. The summed E-state index contributed by atoms with van der Waals surface area (Å²) in [6.45, 7) is 9.33. The Morgan fingerprint density at radius 3 is 3.21 bits per heavy atom. The minimum atomic E-state index is 0.557. The van der Waals surface area contributed by atoms with Crippen LogP contribution in [0.2, 0.25) is 0 Å². The molecule has 1 aliphatic heterocycles. The summed E-state index contributed by atoms with van der Waals surface area (Å²) in [7, 11) is 0. The van der Waals surface area contributed by atoms with E-state index in [0.29, 0.717) is 12.0 Å². The van der Waals surface area contributed by atoms with Crippen molar-refractivity contribution < 1.29 is 9.47 Å². The van der Waals surface area contributed by atoms with Gasteiger partial charge in [0.25, 0.3) is 0 Å². The molecule has 0 amide bonds. The van der Waals surface area contributed by atoms with Crippen molar-refractivity contribution in [2.45, 2.75) is 25.8 Å². The molecule has 1 N–H and O–H groups in total. The Morgan fingerprint density at radius 2 is 2.57 bits per heavy atom. The van der Waals surface area contributed by atoms with Crippen LogP contribution in [0.15, 0.2) is 12.8 Å². The van der Waals surface area contributed by atoms with E-state index >= 15 is 0 Å². The van der Waals surface area contributed by atoms with Crippen molar-refractivity contribution in [3.8, 4) is 0 Å². The van der Waals surface area contributed by atoms with Crippen LogP contribution in [0, 0.1) is 5.92 Å². The highest BCUT2D eigenvalue weighted by Crippen LogP contribution is 2.15. The number of nitrogens with one attached hydrogen (secondary N) is 1. The SMILES string of the molecule is C=COCCCNC(C)C1CCOC1. The topological polar surface area (TPSA) is 30.5 Å². The quantitative estimate of drug-likeness (QED) is 0.498. The van der Waals surface area contributed by atoms with Gasteiger partial charge in [-0.25, -0.2) is 0 Å². The fourth-order valence-electron chi connectivity index (χ4n) is 1.68. The molecule has 0 aromatic rings. The molecule has 82 valence electrons. The maximum absolute atomic E-state index is 5.35. The lowest BCUT2D eigenvalue weighted by Gasteiger charge is -2.18. The second-order valence-electron chi connectivity index (χ2n) is 3.76. The fourth-order valence-corrected chi connectivity index (χ4v) is 1.68. The zero-order valence-electron chi connectivity index (χ0n) is 9.00. The molecule has 0 aromatic carbocycles. The highest BCUT2D eigenvalue weighted by molar-refractivity contribution is 4.75. The van der Waals surface area contributed by atoms with Crippen LogP contribution >= 0.6 is 0 Å². The summed E-state index contributed by atoms with van der Waals surface area (Å²) >= 11 is 0. The molecule has 2 unspecified atom stereocenters. The van der Waals surface area contributed by atoms with Crippen LogP contribution in [0.4, 0.5) is 0 Å². The largest absolute Gasteiger partial charge is 0.502 e. The first-order chi connectivity index (χ1) is 6.84. The van der Waals surface area contributed by atoms with E-state index in [0.717, 1.165) is 32.8 Å². The average molecular weight is 199 g/mol.